The highest BCUT2D eigenvalue weighted by Crippen LogP contribution is 2.08. The van der Waals surface area contributed by atoms with Crippen LogP contribution in [0.15, 0.2) is 11.6 Å². The van der Waals surface area contributed by atoms with Crippen molar-refractivity contribution in [2.45, 2.75) is 46.0 Å². The number of ether oxygens (including phenoxy) is 1. The van der Waals surface area contributed by atoms with E-state index in [1.54, 1.807) is 0 Å². The number of esters is 1. The Bertz CT molecular complexity index is 200. The molecule has 0 aliphatic rings. The van der Waals surface area contributed by atoms with Gasteiger partial charge in [-0.3, -0.25) is 0 Å². The number of hydrogen-bond acceptors (Lipinski definition) is 2. The summed E-state index contributed by atoms with van der Waals surface area (Å²) in [4.78, 5) is 11.4. The van der Waals surface area contributed by atoms with Gasteiger partial charge in [-0.1, -0.05) is 48.2 Å². The number of allylic oxidation sites excluding steroid dienone is 1. The quantitative estimate of drug-likeness (QED) is 0.291. The smallest absolute Gasteiger partial charge is 0.334 e. The fraction of sp³-hybridized carbons (Fsp3) is 0.750. The number of carbonyl (C=O) groups excluding carboxylic acids is 1. The molecule has 2 nitrogen and oxygen atoms in total. The van der Waals surface area contributed by atoms with Crippen LogP contribution >= 0.6 is 15.9 Å². The Morgan fingerprint density at radius 3 is 2.53 bits per heavy atom. The van der Waals surface area contributed by atoms with Gasteiger partial charge in [-0.2, -0.15) is 0 Å². The molecule has 0 aromatic rings. The summed E-state index contributed by atoms with van der Waals surface area (Å²) in [6.07, 6.45) is 7.88. The van der Waals surface area contributed by atoms with Gasteiger partial charge in [0.1, 0.15) is 0 Å². The third-order valence-corrected chi connectivity index (χ3v) is 2.73. The average molecular weight is 277 g/mol. The molecule has 0 rings (SSSR count). The highest BCUT2D eigenvalue weighted by Gasteiger charge is 2.07. The molecule has 0 aromatic heterocycles. The normalized spacial score (nSPS) is 11.5. The fourth-order valence-electron chi connectivity index (χ4n) is 1.26. The first-order valence-electron chi connectivity index (χ1n) is 5.68. The monoisotopic (exact) mass is 276 g/mol. The van der Waals surface area contributed by atoms with Gasteiger partial charge in [0, 0.05) is 10.9 Å². The van der Waals surface area contributed by atoms with Crippen molar-refractivity contribution in [3.63, 3.8) is 0 Å². The van der Waals surface area contributed by atoms with Gasteiger partial charge in [0.15, 0.2) is 0 Å². The van der Waals surface area contributed by atoms with Crippen LogP contribution in [-0.4, -0.2) is 17.9 Å². The second kappa shape index (κ2) is 10.2. The Morgan fingerprint density at radius 1 is 1.27 bits per heavy atom. The van der Waals surface area contributed by atoms with Crippen molar-refractivity contribution in [3.05, 3.63) is 11.6 Å². The summed E-state index contributed by atoms with van der Waals surface area (Å²) in [5.74, 6) is -0.190. The molecule has 0 amide bonds. The summed E-state index contributed by atoms with van der Waals surface area (Å²) in [6, 6.07) is 0. The van der Waals surface area contributed by atoms with E-state index in [1.807, 2.05) is 13.0 Å². The second-order valence-electron chi connectivity index (χ2n) is 3.43. The van der Waals surface area contributed by atoms with Crippen molar-refractivity contribution in [3.8, 4) is 0 Å². The third-order valence-electron chi connectivity index (χ3n) is 2.13. The minimum atomic E-state index is -0.190. The van der Waals surface area contributed by atoms with Gasteiger partial charge < -0.3 is 4.74 Å². The lowest BCUT2D eigenvalue weighted by Gasteiger charge is -2.03. The van der Waals surface area contributed by atoms with Crippen molar-refractivity contribution >= 4 is 21.9 Å². The van der Waals surface area contributed by atoms with E-state index in [0.717, 1.165) is 18.4 Å². The lowest BCUT2D eigenvalue weighted by molar-refractivity contribution is -0.138. The summed E-state index contributed by atoms with van der Waals surface area (Å²) in [7, 11) is 0. The van der Waals surface area contributed by atoms with Crippen molar-refractivity contribution in [2.24, 2.45) is 0 Å². The molecular formula is C12H21BrO2. The molecule has 0 aromatic carbocycles. The summed E-state index contributed by atoms with van der Waals surface area (Å²) in [5, 5.41) is 0.583. The van der Waals surface area contributed by atoms with Crippen molar-refractivity contribution in [2.75, 3.05) is 11.9 Å². The topological polar surface area (TPSA) is 26.3 Å². The zero-order chi connectivity index (χ0) is 11.5. The van der Waals surface area contributed by atoms with Crippen LogP contribution < -0.4 is 0 Å². The Balaban J connectivity index is 3.83. The molecule has 3 heteroatoms. The van der Waals surface area contributed by atoms with Gasteiger partial charge in [-0.25, -0.2) is 4.79 Å². The number of hydrogen-bond donors (Lipinski definition) is 0. The molecule has 0 radical (unpaired) electrons. The fourth-order valence-corrected chi connectivity index (χ4v) is 1.72. The first-order chi connectivity index (χ1) is 7.26. The number of carbonyl (C=O) groups is 1. The lowest BCUT2D eigenvalue weighted by atomic mass is 10.1. The zero-order valence-corrected chi connectivity index (χ0v) is 11.3. The van der Waals surface area contributed by atoms with Crippen LogP contribution in [0.2, 0.25) is 0 Å². The molecule has 0 unspecified atom stereocenters. The Labute approximate surface area is 101 Å². The van der Waals surface area contributed by atoms with Gasteiger partial charge in [0.25, 0.3) is 0 Å². The van der Waals surface area contributed by atoms with Crippen LogP contribution in [0, 0.1) is 0 Å². The summed E-state index contributed by atoms with van der Waals surface area (Å²) >= 11 is 3.30. The van der Waals surface area contributed by atoms with Gasteiger partial charge in [0.2, 0.25) is 0 Å². The highest BCUT2D eigenvalue weighted by molar-refractivity contribution is 9.09. The van der Waals surface area contributed by atoms with Crippen LogP contribution in [0.25, 0.3) is 0 Å². The highest BCUT2D eigenvalue weighted by atomic mass is 79.9. The molecule has 0 aliphatic carbocycles. The average Bonchev–Trinajstić information content (AvgIpc) is 2.23. The van der Waals surface area contributed by atoms with Crippen LogP contribution in [0.1, 0.15) is 46.0 Å². The SMILES string of the molecule is CCCCCC/C=C(/CBr)C(=O)OCC. The number of unbranched alkanes of at least 4 members (excludes halogenated alkanes) is 4. The number of rotatable bonds is 8. The predicted octanol–water partition coefficient (Wildman–Crippen LogP) is 3.84. The minimum absolute atomic E-state index is 0.190. The van der Waals surface area contributed by atoms with Crippen LogP contribution in [0.3, 0.4) is 0 Å². The molecule has 0 atom stereocenters. The maximum Gasteiger partial charge on any atom is 0.334 e. The first-order valence-corrected chi connectivity index (χ1v) is 6.80. The van der Waals surface area contributed by atoms with Gasteiger partial charge in [0.05, 0.1) is 6.61 Å². The van der Waals surface area contributed by atoms with E-state index >= 15 is 0 Å². The molecule has 15 heavy (non-hydrogen) atoms. The van der Waals surface area contributed by atoms with Gasteiger partial charge in [-0.15, -0.1) is 0 Å². The molecule has 0 spiro atoms. The summed E-state index contributed by atoms with van der Waals surface area (Å²) in [6.45, 7) is 4.46. The maximum atomic E-state index is 11.4. The number of halogens is 1. The lowest BCUT2D eigenvalue weighted by Crippen LogP contribution is -2.08. The van der Waals surface area contributed by atoms with E-state index < -0.39 is 0 Å². The molecule has 0 saturated heterocycles. The van der Waals surface area contributed by atoms with E-state index in [1.165, 1.54) is 19.3 Å². The molecular weight excluding hydrogens is 256 g/mol. The molecule has 0 N–H and O–H groups in total. The van der Waals surface area contributed by atoms with E-state index in [9.17, 15) is 4.79 Å². The van der Waals surface area contributed by atoms with E-state index in [0.29, 0.717) is 11.9 Å². The van der Waals surface area contributed by atoms with Gasteiger partial charge in [-0.05, 0) is 19.8 Å². The van der Waals surface area contributed by atoms with Crippen molar-refractivity contribution in [1.82, 2.24) is 0 Å². The van der Waals surface area contributed by atoms with Crippen molar-refractivity contribution < 1.29 is 9.53 Å². The van der Waals surface area contributed by atoms with Crippen LogP contribution in [0.5, 0.6) is 0 Å². The maximum absolute atomic E-state index is 11.4. The number of alkyl halides is 1. The molecule has 88 valence electrons. The largest absolute Gasteiger partial charge is 0.463 e. The van der Waals surface area contributed by atoms with Crippen LogP contribution in [0.4, 0.5) is 0 Å². The Kier molecular flexibility index (Phi) is 10.0. The standard InChI is InChI=1S/C12H21BrO2/c1-3-5-6-7-8-9-11(10-13)12(14)15-4-2/h9H,3-8,10H2,1-2H3/b11-9-. The molecule has 0 fully saturated rings. The van der Waals surface area contributed by atoms with E-state index in [2.05, 4.69) is 22.9 Å². The third kappa shape index (κ3) is 7.60. The molecule has 0 bridgehead atoms. The zero-order valence-electron chi connectivity index (χ0n) is 9.72. The van der Waals surface area contributed by atoms with E-state index in [-0.39, 0.29) is 5.97 Å². The molecule has 0 aliphatic heterocycles. The second-order valence-corrected chi connectivity index (χ2v) is 3.99. The Morgan fingerprint density at radius 2 is 2.00 bits per heavy atom. The van der Waals surface area contributed by atoms with E-state index in [4.69, 9.17) is 4.74 Å². The summed E-state index contributed by atoms with van der Waals surface area (Å²) in [5.41, 5.74) is 0.744. The molecule has 0 saturated carbocycles. The Hall–Kier alpha value is -0.310. The minimum Gasteiger partial charge on any atom is -0.463 e. The summed E-state index contributed by atoms with van der Waals surface area (Å²) < 4.78 is 4.94. The van der Waals surface area contributed by atoms with Gasteiger partial charge >= 0.3 is 5.97 Å². The van der Waals surface area contributed by atoms with Crippen molar-refractivity contribution in [1.29, 1.82) is 0 Å². The molecule has 0 heterocycles. The van der Waals surface area contributed by atoms with Crippen LogP contribution in [-0.2, 0) is 9.53 Å². The first kappa shape index (κ1) is 14.7. The predicted molar refractivity (Wildman–Crippen MR) is 67.3 cm³/mol.